The summed E-state index contributed by atoms with van der Waals surface area (Å²) in [5.41, 5.74) is 0.221. The number of esters is 1. The van der Waals surface area contributed by atoms with E-state index < -0.39 is 5.60 Å². The van der Waals surface area contributed by atoms with Gasteiger partial charge in [0.2, 0.25) is 0 Å². The molecule has 0 N–H and O–H groups in total. The molecule has 1 aromatic rings. The van der Waals surface area contributed by atoms with Crippen molar-refractivity contribution in [3.8, 4) is 0 Å². The second-order valence-electron chi connectivity index (χ2n) is 5.09. The molecule has 4 nitrogen and oxygen atoms in total. The summed E-state index contributed by atoms with van der Waals surface area (Å²) in [6.07, 6.45) is 3.77. The van der Waals surface area contributed by atoms with Gasteiger partial charge in [-0.1, -0.05) is 36.4 Å². The van der Waals surface area contributed by atoms with Crippen LogP contribution in [0.3, 0.4) is 0 Å². The molecule has 20 heavy (non-hydrogen) atoms. The molecule has 0 saturated carbocycles. The summed E-state index contributed by atoms with van der Waals surface area (Å²) in [4.78, 5) is 11.9. The molecule has 4 heteroatoms. The first-order valence-electron chi connectivity index (χ1n) is 6.93. The molecule has 2 aliphatic rings. The Hall–Kier alpha value is -1.65. The molecular weight excluding hydrogens is 256 g/mol. The van der Waals surface area contributed by atoms with Gasteiger partial charge < -0.3 is 14.2 Å². The van der Waals surface area contributed by atoms with Gasteiger partial charge in [0.05, 0.1) is 6.61 Å². The minimum absolute atomic E-state index is 0.199. The van der Waals surface area contributed by atoms with Gasteiger partial charge in [-0.3, -0.25) is 0 Å². The molecule has 0 aromatic heterocycles. The minimum Gasteiger partial charge on any atom is -0.457 e. The van der Waals surface area contributed by atoms with Gasteiger partial charge in [0, 0.05) is 13.0 Å². The number of fused-ring (bicyclic) bond motifs is 2. The number of hydrogen-bond acceptors (Lipinski definition) is 4. The van der Waals surface area contributed by atoms with Crippen LogP contribution >= 0.6 is 0 Å². The summed E-state index contributed by atoms with van der Waals surface area (Å²) in [5, 5.41) is 0. The average molecular weight is 274 g/mol. The first-order valence-corrected chi connectivity index (χ1v) is 6.93. The molecule has 1 aliphatic carbocycles. The molecule has 0 radical (unpaired) electrons. The Morgan fingerprint density at radius 1 is 1.35 bits per heavy atom. The van der Waals surface area contributed by atoms with Crippen LogP contribution in [0.5, 0.6) is 0 Å². The summed E-state index contributed by atoms with van der Waals surface area (Å²) >= 11 is 0. The molecule has 1 aliphatic heterocycles. The van der Waals surface area contributed by atoms with E-state index in [9.17, 15) is 4.79 Å². The molecule has 3 atom stereocenters. The Bertz CT molecular complexity index is 510. The topological polar surface area (TPSA) is 44.8 Å². The van der Waals surface area contributed by atoms with E-state index in [0.29, 0.717) is 19.6 Å². The van der Waals surface area contributed by atoms with Gasteiger partial charge >= 0.3 is 5.97 Å². The van der Waals surface area contributed by atoms with Crippen LogP contribution in [0.1, 0.15) is 18.9 Å². The van der Waals surface area contributed by atoms with E-state index in [1.54, 1.807) is 6.08 Å². The number of carbonyl (C=O) groups excluding carboxylic acids is 1. The summed E-state index contributed by atoms with van der Waals surface area (Å²) in [6.45, 7) is 2.87. The van der Waals surface area contributed by atoms with E-state index in [1.807, 2.05) is 43.3 Å². The Kier molecular flexibility index (Phi) is 3.59. The molecule has 0 unspecified atom stereocenters. The minimum atomic E-state index is -0.883. The number of ether oxygens (including phenoxy) is 3. The number of rotatable bonds is 5. The molecule has 0 amide bonds. The second-order valence-corrected chi connectivity index (χ2v) is 5.09. The molecule has 0 spiro atoms. The highest BCUT2D eigenvalue weighted by Crippen LogP contribution is 2.37. The maximum Gasteiger partial charge on any atom is 0.343 e. The van der Waals surface area contributed by atoms with Crippen molar-refractivity contribution in [1.82, 2.24) is 0 Å². The van der Waals surface area contributed by atoms with E-state index in [2.05, 4.69) is 0 Å². The molecule has 1 fully saturated rings. The van der Waals surface area contributed by atoms with Crippen LogP contribution in [-0.4, -0.2) is 30.4 Å². The highest BCUT2D eigenvalue weighted by Gasteiger charge is 2.53. The lowest BCUT2D eigenvalue weighted by Gasteiger charge is -2.27. The van der Waals surface area contributed by atoms with Crippen molar-refractivity contribution in [3.05, 3.63) is 48.0 Å². The maximum absolute atomic E-state index is 11.9. The van der Waals surface area contributed by atoms with Crippen LogP contribution in [0, 0.1) is 0 Å². The Morgan fingerprint density at radius 2 is 2.15 bits per heavy atom. The lowest BCUT2D eigenvalue weighted by atomic mass is 9.90. The summed E-state index contributed by atoms with van der Waals surface area (Å²) in [5.74, 6) is -0.300. The normalized spacial score (nSPS) is 31.4. The number of carbonyl (C=O) groups is 1. The van der Waals surface area contributed by atoms with Gasteiger partial charge in [0.1, 0.15) is 12.2 Å². The van der Waals surface area contributed by atoms with Gasteiger partial charge in [0.25, 0.3) is 0 Å². The number of benzene rings is 1. The Labute approximate surface area is 118 Å². The van der Waals surface area contributed by atoms with E-state index >= 15 is 0 Å². The zero-order valence-corrected chi connectivity index (χ0v) is 11.5. The van der Waals surface area contributed by atoms with Crippen molar-refractivity contribution >= 4 is 5.97 Å². The van der Waals surface area contributed by atoms with Gasteiger partial charge in [-0.2, -0.15) is 0 Å². The second kappa shape index (κ2) is 5.38. The molecular formula is C16H18O4. The monoisotopic (exact) mass is 274 g/mol. The van der Waals surface area contributed by atoms with Crippen molar-refractivity contribution in [2.24, 2.45) is 0 Å². The fourth-order valence-electron chi connectivity index (χ4n) is 2.71. The first kappa shape index (κ1) is 13.3. The Morgan fingerprint density at radius 3 is 2.90 bits per heavy atom. The number of hydrogen-bond donors (Lipinski definition) is 0. The van der Waals surface area contributed by atoms with Crippen molar-refractivity contribution < 1.29 is 19.0 Å². The summed E-state index contributed by atoms with van der Waals surface area (Å²) < 4.78 is 16.8. The van der Waals surface area contributed by atoms with Gasteiger partial charge in [-0.15, -0.1) is 0 Å². The van der Waals surface area contributed by atoms with Gasteiger partial charge in [-0.25, -0.2) is 4.79 Å². The first-order chi connectivity index (χ1) is 9.73. The largest absolute Gasteiger partial charge is 0.457 e. The van der Waals surface area contributed by atoms with Crippen LogP contribution in [0.4, 0.5) is 0 Å². The molecule has 1 aromatic carbocycles. The van der Waals surface area contributed by atoms with Crippen molar-refractivity contribution in [1.29, 1.82) is 0 Å². The van der Waals surface area contributed by atoms with Crippen LogP contribution in [0.2, 0.25) is 0 Å². The lowest BCUT2D eigenvalue weighted by Crippen LogP contribution is -2.39. The third-order valence-electron chi connectivity index (χ3n) is 3.72. The van der Waals surface area contributed by atoms with Crippen molar-refractivity contribution in [2.45, 2.75) is 37.8 Å². The SMILES string of the molecule is CCO[C@@]12C=C[C@@H](OCc3ccccc3)[C@@H](C1)OC2=O. The standard InChI is InChI=1S/C16H18O4/c1-2-19-16-9-8-13(14(10-16)20-15(16)17)18-11-12-6-4-3-5-7-12/h3-9,13-14H,2,10-11H2,1H3/t13-,14-,16+/m1/s1. The molecule has 1 heterocycles. The highest BCUT2D eigenvalue weighted by molar-refractivity contribution is 5.85. The van der Waals surface area contributed by atoms with E-state index in [0.717, 1.165) is 5.56 Å². The lowest BCUT2D eigenvalue weighted by molar-refractivity contribution is -0.156. The van der Waals surface area contributed by atoms with Gasteiger partial charge in [-0.05, 0) is 18.6 Å². The predicted molar refractivity (Wildman–Crippen MR) is 73.0 cm³/mol. The van der Waals surface area contributed by atoms with Crippen LogP contribution in [0.25, 0.3) is 0 Å². The van der Waals surface area contributed by atoms with Crippen LogP contribution in [-0.2, 0) is 25.6 Å². The molecule has 3 rings (SSSR count). The zero-order valence-electron chi connectivity index (χ0n) is 11.5. The fourth-order valence-corrected chi connectivity index (χ4v) is 2.71. The predicted octanol–water partition coefficient (Wildman–Crippen LogP) is 2.23. The maximum atomic E-state index is 11.9. The third-order valence-corrected chi connectivity index (χ3v) is 3.72. The zero-order chi connectivity index (χ0) is 14.0. The van der Waals surface area contributed by atoms with Crippen molar-refractivity contribution in [2.75, 3.05) is 6.61 Å². The smallest absolute Gasteiger partial charge is 0.343 e. The fraction of sp³-hybridized carbons (Fsp3) is 0.438. The van der Waals surface area contributed by atoms with Crippen molar-refractivity contribution in [3.63, 3.8) is 0 Å². The van der Waals surface area contributed by atoms with Gasteiger partial charge in [0.15, 0.2) is 5.60 Å². The quantitative estimate of drug-likeness (QED) is 0.610. The highest BCUT2D eigenvalue weighted by atomic mass is 16.6. The van der Waals surface area contributed by atoms with Crippen LogP contribution < -0.4 is 0 Å². The van der Waals surface area contributed by atoms with E-state index in [-0.39, 0.29) is 18.2 Å². The Balaban J connectivity index is 1.66. The average Bonchev–Trinajstić information content (AvgIpc) is 2.72. The summed E-state index contributed by atoms with van der Waals surface area (Å²) in [7, 11) is 0. The van der Waals surface area contributed by atoms with Crippen LogP contribution in [0.15, 0.2) is 42.5 Å². The van der Waals surface area contributed by atoms with E-state index in [4.69, 9.17) is 14.2 Å². The summed E-state index contributed by atoms with van der Waals surface area (Å²) in [6, 6.07) is 9.95. The molecule has 1 saturated heterocycles. The van der Waals surface area contributed by atoms with E-state index in [1.165, 1.54) is 0 Å². The third kappa shape index (κ3) is 2.37. The molecule has 106 valence electrons. The molecule has 2 bridgehead atoms.